The lowest BCUT2D eigenvalue weighted by molar-refractivity contribution is 0.859. The lowest BCUT2D eigenvalue weighted by atomic mass is 10.1. The second kappa shape index (κ2) is 6.67. The summed E-state index contributed by atoms with van der Waals surface area (Å²) in [5.41, 5.74) is 1.68. The molecule has 22 heavy (non-hydrogen) atoms. The van der Waals surface area contributed by atoms with Gasteiger partial charge in [-0.2, -0.15) is 0 Å². The highest BCUT2D eigenvalue weighted by molar-refractivity contribution is 7.16. The van der Waals surface area contributed by atoms with Crippen molar-refractivity contribution in [3.8, 4) is 11.3 Å². The number of rotatable bonds is 2. The van der Waals surface area contributed by atoms with E-state index in [0.717, 1.165) is 15.6 Å². The molecule has 0 unspecified atom stereocenters. The molecule has 0 bridgehead atoms. The van der Waals surface area contributed by atoms with Crippen LogP contribution in [0.25, 0.3) is 21.3 Å². The van der Waals surface area contributed by atoms with Crippen LogP contribution in [0.5, 0.6) is 0 Å². The molecule has 0 fully saturated rings. The quantitative estimate of drug-likeness (QED) is 0.615. The van der Waals surface area contributed by atoms with Crippen LogP contribution in [0.2, 0.25) is 0 Å². The number of nitrogens with zero attached hydrogens (tertiary/aromatic N) is 2. The van der Waals surface area contributed by atoms with E-state index in [4.69, 9.17) is 4.11 Å². The fourth-order valence-electron chi connectivity index (χ4n) is 1.97. The minimum atomic E-state index is -0.954. The van der Waals surface area contributed by atoms with E-state index >= 15 is 0 Å². The van der Waals surface area contributed by atoms with Crippen LogP contribution >= 0.6 is 11.3 Å². The smallest absolute Gasteiger partial charge is 0.0710 e. The van der Waals surface area contributed by atoms with Gasteiger partial charge in [0.05, 0.1) is 8.44 Å². The second-order valence-electron chi connectivity index (χ2n) is 5.09. The monoisotopic (exact) mass is 309 g/mol. The maximum Gasteiger partial charge on any atom is 0.0710 e. The molecule has 0 spiro atoms. The van der Waals surface area contributed by atoms with Gasteiger partial charge in [0, 0.05) is 41.0 Å². The van der Waals surface area contributed by atoms with E-state index in [9.17, 15) is 0 Å². The van der Waals surface area contributed by atoms with Gasteiger partial charge in [-0.25, -0.2) is 0 Å². The maximum absolute atomic E-state index is 8.33. The summed E-state index contributed by atoms with van der Waals surface area (Å²) < 4.78 is 25.7. The first-order valence-electron chi connectivity index (χ1n) is 8.50. The predicted molar refractivity (Wildman–Crippen MR) is 94.6 cm³/mol. The van der Waals surface area contributed by atoms with Gasteiger partial charge in [-0.1, -0.05) is 44.2 Å². The van der Waals surface area contributed by atoms with Crippen LogP contribution in [-0.2, 0) is 0 Å². The number of fused-ring (bicyclic) bond motifs is 1. The molecule has 3 heterocycles. The highest BCUT2D eigenvalue weighted by Gasteiger charge is 2.01. The average Bonchev–Trinajstić information content (AvgIpc) is 2.66. The molecule has 0 aliphatic carbocycles. The molecule has 110 valence electrons. The Morgan fingerprint density at radius 3 is 2.86 bits per heavy atom. The molecular weight excluding hydrogens is 288 g/mol. The predicted octanol–water partition coefficient (Wildman–Crippen LogP) is 5.61. The molecule has 0 aliphatic heterocycles. The van der Waals surface area contributed by atoms with Gasteiger partial charge in [0.15, 0.2) is 0 Å². The summed E-state index contributed by atoms with van der Waals surface area (Å²) in [6.07, 6.45) is 5.11. The summed E-state index contributed by atoms with van der Waals surface area (Å²) in [5, 5.41) is 2.97. The number of hydrogen-bond acceptors (Lipinski definition) is 3. The lowest BCUT2D eigenvalue weighted by Gasteiger charge is -2.05. The van der Waals surface area contributed by atoms with Crippen LogP contribution in [0.3, 0.4) is 0 Å². The summed E-state index contributed by atoms with van der Waals surface area (Å²) in [4.78, 5) is 8.53. The third-order valence-electron chi connectivity index (χ3n) is 3.24. The van der Waals surface area contributed by atoms with Crippen molar-refractivity contribution in [2.75, 3.05) is 0 Å². The van der Waals surface area contributed by atoms with E-state index in [0.29, 0.717) is 11.3 Å². The van der Waals surface area contributed by atoms with E-state index in [1.807, 2.05) is 41.9 Å². The SMILES string of the molecule is [2H]c1c(C([2H])(C)C)cnc(-c2ccccc3cnccc3sc2)c1[2H]. The number of pyridine rings is 2. The first-order valence-corrected chi connectivity index (χ1v) is 7.88. The van der Waals surface area contributed by atoms with Gasteiger partial charge in [0.1, 0.15) is 0 Å². The van der Waals surface area contributed by atoms with Crippen molar-refractivity contribution in [2.45, 2.75) is 19.7 Å². The lowest BCUT2D eigenvalue weighted by Crippen LogP contribution is -1.89. The molecule has 0 aromatic carbocycles. The molecule has 0 atom stereocenters. The molecule has 3 heteroatoms. The van der Waals surface area contributed by atoms with Crippen molar-refractivity contribution >= 4 is 21.4 Å². The number of hydrogen-bond donors (Lipinski definition) is 0. The van der Waals surface area contributed by atoms with Gasteiger partial charge in [0.25, 0.3) is 0 Å². The van der Waals surface area contributed by atoms with E-state index in [1.54, 1.807) is 26.2 Å². The summed E-state index contributed by atoms with van der Waals surface area (Å²) in [6.45, 7) is 3.40. The molecular formula is C19H18N2S. The standard InChI is InChI=1S/C19H18N2S/c1-14(2)15-7-8-18(21-12-15)17-6-4-3-5-16-11-20-10-9-19(16)22-13-17/h3-14H,1-2H3/i7D,8D,14D. The van der Waals surface area contributed by atoms with E-state index in [1.165, 1.54) is 11.3 Å². The third-order valence-corrected chi connectivity index (χ3v) is 4.23. The highest BCUT2D eigenvalue weighted by Crippen LogP contribution is 2.22. The summed E-state index contributed by atoms with van der Waals surface area (Å²) in [7, 11) is 0. The first-order chi connectivity index (χ1) is 11.9. The maximum atomic E-state index is 8.33. The summed E-state index contributed by atoms with van der Waals surface area (Å²) in [5.74, 6) is -0.954. The zero-order valence-corrected chi connectivity index (χ0v) is 13.3. The number of aromatic nitrogens is 2. The molecule has 3 aromatic rings. The minimum Gasteiger partial charge on any atom is -0.264 e. The van der Waals surface area contributed by atoms with E-state index < -0.39 is 5.89 Å². The Bertz CT molecular complexity index is 976. The largest absolute Gasteiger partial charge is 0.264 e. The van der Waals surface area contributed by atoms with Crippen molar-refractivity contribution < 1.29 is 4.11 Å². The normalized spacial score (nSPS) is 13.1. The van der Waals surface area contributed by atoms with Crippen molar-refractivity contribution in [1.82, 2.24) is 9.97 Å². The Hall–Kier alpha value is -2.26. The average molecular weight is 309 g/mol. The van der Waals surface area contributed by atoms with Gasteiger partial charge in [-0.05, 0) is 23.6 Å². The molecule has 0 amide bonds. The van der Waals surface area contributed by atoms with Crippen molar-refractivity contribution in [1.29, 1.82) is 0 Å². The zero-order valence-electron chi connectivity index (χ0n) is 15.5. The topological polar surface area (TPSA) is 25.8 Å². The van der Waals surface area contributed by atoms with Crippen LogP contribution < -0.4 is 0 Å². The van der Waals surface area contributed by atoms with Crippen LogP contribution in [0.4, 0.5) is 0 Å². The molecule has 0 radical (unpaired) electrons. The van der Waals surface area contributed by atoms with E-state index in [2.05, 4.69) is 9.97 Å². The molecule has 0 saturated heterocycles. The Labute approximate surface area is 139 Å². The Kier molecular flexibility index (Phi) is 3.43. The van der Waals surface area contributed by atoms with Crippen molar-refractivity contribution in [3.63, 3.8) is 0 Å². The minimum absolute atomic E-state index is 0.0486. The second-order valence-corrected chi connectivity index (χ2v) is 6.00. The highest BCUT2D eigenvalue weighted by atomic mass is 32.1. The molecule has 2 nitrogen and oxygen atoms in total. The van der Waals surface area contributed by atoms with Gasteiger partial charge in [-0.3, -0.25) is 9.97 Å². The first kappa shape index (κ1) is 11.3. The molecule has 3 rings (SSSR count). The Morgan fingerprint density at radius 1 is 1.14 bits per heavy atom. The van der Waals surface area contributed by atoms with Crippen LogP contribution in [0.1, 0.15) is 29.4 Å². The van der Waals surface area contributed by atoms with Gasteiger partial charge in [0.2, 0.25) is 0 Å². The van der Waals surface area contributed by atoms with E-state index in [-0.39, 0.29) is 12.1 Å². The fraction of sp³-hybridized carbons (Fsp3) is 0.158. The van der Waals surface area contributed by atoms with Gasteiger partial charge < -0.3 is 0 Å². The van der Waals surface area contributed by atoms with Crippen molar-refractivity contribution in [2.24, 2.45) is 0 Å². The molecule has 0 aliphatic rings. The molecule has 3 aromatic heterocycles. The van der Waals surface area contributed by atoms with Gasteiger partial charge >= 0.3 is 0 Å². The summed E-state index contributed by atoms with van der Waals surface area (Å²) >= 11 is 1.54. The Morgan fingerprint density at radius 2 is 2.00 bits per heavy atom. The van der Waals surface area contributed by atoms with Crippen LogP contribution in [0.15, 0.2) is 66.4 Å². The zero-order chi connectivity index (χ0) is 18.0. The van der Waals surface area contributed by atoms with Gasteiger partial charge in [-0.15, -0.1) is 11.3 Å². The third kappa shape index (κ3) is 3.31. The fourth-order valence-corrected chi connectivity index (χ4v) is 2.81. The summed E-state index contributed by atoms with van der Waals surface area (Å²) in [6, 6.07) is 9.74. The molecule has 0 saturated carbocycles. The van der Waals surface area contributed by atoms with Crippen LogP contribution in [-0.4, -0.2) is 9.97 Å². The van der Waals surface area contributed by atoms with Crippen LogP contribution in [0, 0.1) is 0 Å². The molecule has 0 N–H and O–H groups in total. The van der Waals surface area contributed by atoms with Crippen molar-refractivity contribution in [3.05, 3.63) is 72.0 Å². The Balaban J connectivity index is 2.21.